The van der Waals surface area contributed by atoms with Gasteiger partial charge in [0.25, 0.3) is 17.7 Å². The fraction of sp³-hybridized carbons (Fsp3) is 0. The van der Waals surface area contributed by atoms with Gasteiger partial charge in [-0.3, -0.25) is 46.9 Å². The van der Waals surface area contributed by atoms with E-state index in [0.717, 1.165) is 0 Å². The summed E-state index contributed by atoms with van der Waals surface area (Å²) >= 11 is 0. The Balaban J connectivity index is 1.50. The Morgan fingerprint density at radius 3 is 0.974 bits per heavy atom. The number of nitrogens with one attached hydrogen (secondary N) is 6. The zero-order valence-electron chi connectivity index (χ0n) is 19.8. The van der Waals surface area contributed by atoms with Crippen LogP contribution in [0.2, 0.25) is 0 Å². The molecule has 9 N–H and O–H groups in total. The number of anilines is 3. The summed E-state index contributed by atoms with van der Waals surface area (Å²) in [5.41, 5.74) is 14.2. The van der Waals surface area contributed by atoms with E-state index in [1.807, 2.05) is 0 Å². The van der Waals surface area contributed by atoms with Crippen molar-refractivity contribution in [3.63, 3.8) is 0 Å². The van der Waals surface area contributed by atoms with Crippen molar-refractivity contribution in [2.45, 2.75) is 0 Å². The molecule has 0 saturated heterocycles. The van der Waals surface area contributed by atoms with Crippen molar-refractivity contribution in [3.8, 4) is 17.2 Å². The molecular formula is C24H21N9O6. The van der Waals surface area contributed by atoms with E-state index in [2.05, 4.69) is 47.5 Å². The molecule has 1 aromatic heterocycles. The lowest BCUT2D eigenvalue weighted by Gasteiger charge is -2.13. The van der Waals surface area contributed by atoms with Crippen LogP contribution in [0.15, 0.2) is 72.8 Å². The Morgan fingerprint density at radius 1 is 0.462 bits per heavy atom. The van der Waals surface area contributed by atoms with Gasteiger partial charge in [-0.1, -0.05) is 36.4 Å². The van der Waals surface area contributed by atoms with Crippen molar-refractivity contribution in [1.82, 2.24) is 31.2 Å². The zero-order valence-corrected chi connectivity index (χ0v) is 19.8. The van der Waals surface area contributed by atoms with Crippen LogP contribution in [0, 0.1) is 0 Å². The summed E-state index contributed by atoms with van der Waals surface area (Å²) in [4.78, 5) is 49.3. The summed E-state index contributed by atoms with van der Waals surface area (Å²) in [7, 11) is 0. The third-order valence-corrected chi connectivity index (χ3v) is 4.94. The predicted molar refractivity (Wildman–Crippen MR) is 137 cm³/mol. The smallest absolute Gasteiger partial charge is 0.273 e. The molecule has 4 rings (SSSR count). The van der Waals surface area contributed by atoms with Crippen LogP contribution in [0.5, 0.6) is 17.2 Å². The number of carbonyl (C=O) groups excluding carboxylic acids is 3. The monoisotopic (exact) mass is 531 g/mol. The van der Waals surface area contributed by atoms with E-state index in [1.54, 1.807) is 36.4 Å². The van der Waals surface area contributed by atoms with Crippen molar-refractivity contribution in [1.29, 1.82) is 0 Å². The van der Waals surface area contributed by atoms with Gasteiger partial charge in [-0.2, -0.15) is 15.0 Å². The average Bonchev–Trinajstić information content (AvgIpc) is 2.94. The Kier molecular flexibility index (Phi) is 7.82. The lowest BCUT2D eigenvalue weighted by molar-refractivity contribution is 0.0951. The molecular weight excluding hydrogens is 510 g/mol. The lowest BCUT2D eigenvalue weighted by Crippen LogP contribution is -2.34. The van der Waals surface area contributed by atoms with Crippen LogP contribution in [-0.4, -0.2) is 48.0 Å². The number of phenolic OH excluding ortho intramolecular Hbond substituents is 3. The number of benzene rings is 3. The van der Waals surface area contributed by atoms with Gasteiger partial charge >= 0.3 is 0 Å². The lowest BCUT2D eigenvalue weighted by atomic mass is 10.2. The van der Waals surface area contributed by atoms with Crippen LogP contribution < -0.4 is 32.6 Å². The first kappa shape index (κ1) is 26.0. The number of amides is 3. The SMILES string of the molecule is O=C(NNc1nc(NNC(=O)c2ccccc2O)nc(NNC(=O)c2ccccc2O)n1)c1ccccc1O. The molecule has 0 atom stereocenters. The first-order valence-corrected chi connectivity index (χ1v) is 11.1. The molecule has 15 nitrogen and oxygen atoms in total. The molecule has 0 aliphatic heterocycles. The molecule has 15 heteroatoms. The largest absolute Gasteiger partial charge is 0.507 e. The number of aromatic nitrogens is 3. The number of rotatable bonds is 9. The van der Waals surface area contributed by atoms with Crippen LogP contribution in [0.3, 0.4) is 0 Å². The van der Waals surface area contributed by atoms with Crippen molar-refractivity contribution >= 4 is 35.6 Å². The van der Waals surface area contributed by atoms with E-state index in [1.165, 1.54) is 36.4 Å². The molecule has 0 spiro atoms. The van der Waals surface area contributed by atoms with Gasteiger partial charge in [0.15, 0.2) is 0 Å². The highest BCUT2D eigenvalue weighted by Gasteiger charge is 2.15. The fourth-order valence-corrected chi connectivity index (χ4v) is 3.08. The Labute approximate surface area is 219 Å². The molecule has 0 fully saturated rings. The maximum absolute atomic E-state index is 12.4. The summed E-state index contributed by atoms with van der Waals surface area (Å²) in [6.45, 7) is 0. The molecule has 39 heavy (non-hydrogen) atoms. The molecule has 3 aromatic carbocycles. The predicted octanol–water partition coefficient (Wildman–Crippen LogP) is 1.26. The van der Waals surface area contributed by atoms with E-state index >= 15 is 0 Å². The minimum atomic E-state index is -0.710. The molecule has 0 aliphatic carbocycles. The molecule has 0 bridgehead atoms. The minimum Gasteiger partial charge on any atom is -0.507 e. The third-order valence-electron chi connectivity index (χ3n) is 4.94. The number of hydrogen-bond acceptors (Lipinski definition) is 12. The highest BCUT2D eigenvalue weighted by molar-refractivity contribution is 5.98. The van der Waals surface area contributed by atoms with Crippen molar-refractivity contribution in [3.05, 3.63) is 89.5 Å². The van der Waals surface area contributed by atoms with Crippen molar-refractivity contribution in [2.75, 3.05) is 16.3 Å². The van der Waals surface area contributed by atoms with Crippen molar-refractivity contribution < 1.29 is 29.7 Å². The highest BCUT2D eigenvalue weighted by Crippen LogP contribution is 2.17. The number of hydrazine groups is 3. The van der Waals surface area contributed by atoms with Gasteiger partial charge in [0, 0.05) is 0 Å². The third kappa shape index (κ3) is 6.56. The van der Waals surface area contributed by atoms with Gasteiger partial charge in [-0.15, -0.1) is 0 Å². The standard InChI is InChI=1S/C24H21N9O6/c34-16-10-4-1-7-13(16)19(37)28-31-22-25-23(32-29-20(38)14-8-2-5-11-17(14)35)27-24(26-22)33-30-21(39)15-9-3-6-12-18(15)36/h1-12,34-36H,(H,28,37)(H,29,38)(H,30,39)(H3,25,26,27,31,32,33). The number of nitrogens with zero attached hydrogens (tertiary/aromatic N) is 3. The van der Waals surface area contributed by atoms with Gasteiger partial charge in [0.1, 0.15) is 17.2 Å². The maximum Gasteiger partial charge on any atom is 0.273 e. The number of hydrogen-bond donors (Lipinski definition) is 9. The molecule has 198 valence electrons. The van der Waals surface area contributed by atoms with Crippen LogP contribution in [0.4, 0.5) is 17.8 Å². The minimum absolute atomic E-state index is 0.0272. The van der Waals surface area contributed by atoms with Crippen LogP contribution in [-0.2, 0) is 0 Å². The first-order valence-electron chi connectivity index (χ1n) is 11.1. The second-order valence-electron chi connectivity index (χ2n) is 7.60. The normalized spacial score (nSPS) is 10.2. The Bertz CT molecular complexity index is 1340. The van der Waals surface area contributed by atoms with Gasteiger partial charge in [-0.05, 0) is 36.4 Å². The highest BCUT2D eigenvalue weighted by atomic mass is 16.3. The maximum atomic E-state index is 12.4. The van der Waals surface area contributed by atoms with E-state index in [-0.39, 0.29) is 51.8 Å². The Morgan fingerprint density at radius 2 is 0.718 bits per heavy atom. The van der Waals surface area contributed by atoms with Gasteiger partial charge in [-0.25, -0.2) is 0 Å². The van der Waals surface area contributed by atoms with Gasteiger partial charge in [0.05, 0.1) is 16.7 Å². The van der Waals surface area contributed by atoms with E-state index in [4.69, 9.17) is 0 Å². The van der Waals surface area contributed by atoms with Crippen LogP contribution in [0.1, 0.15) is 31.1 Å². The van der Waals surface area contributed by atoms with E-state index in [0.29, 0.717) is 0 Å². The molecule has 0 radical (unpaired) electrons. The first-order chi connectivity index (χ1) is 18.8. The average molecular weight is 531 g/mol. The van der Waals surface area contributed by atoms with E-state index in [9.17, 15) is 29.7 Å². The summed E-state index contributed by atoms with van der Waals surface area (Å²) in [6.07, 6.45) is 0. The molecule has 0 unspecified atom stereocenters. The number of para-hydroxylation sites is 3. The fourth-order valence-electron chi connectivity index (χ4n) is 3.08. The zero-order chi connectivity index (χ0) is 27.8. The summed E-state index contributed by atoms with van der Waals surface area (Å²) in [5.74, 6) is -3.62. The van der Waals surface area contributed by atoms with Gasteiger partial charge < -0.3 is 15.3 Å². The molecule has 4 aromatic rings. The van der Waals surface area contributed by atoms with Crippen LogP contribution >= 0.6 is 0 Å². The van der Waals surface area contributed by atoms with Crippen molar-refractivity contribution in [2.24, 2.45) is 0 Å². The summed E-state index contributed by atoms with van der Waals surface area (Å²) in [6, 6.07) is 17.5. The number of carbonyl (C=O) groups is 3. The van der Waals surface area contributed by atoms with Crippen LogP contribution in [0.25, 0.3) is 0 Å². The number of aromatic hydroxyl groups is 3. The molecule has 1 heterocycles. The molecule has 0 saturated carbocycles. The Hall–Kier alpha value is -6.12. The van der Waals surface area contributed by atoms with Gasteiger partial charge in [0.2, 0.25) is 17.8 Å². The second kappa shape index (κ2) is 11.7. The molecule has 3 amide bonds. The molecule has 0 aliphatic rings. The summed E-state index contributed by atoms with van der Waals surface area (Å²) in [5, 5.41) is 29.6. The number of phenols is 3. The quantitative estimate of drug-likeness (QED) is 0.139. The topological polar surface area (TPSA) is 223 Å². The summed E-state index contributed by atoms with van der Waals surface area (Å²) < 4.78 is 0. The second-order valence-corrected chi connectivity index (χ2v) is 7.60. The van der Waals surface area contributed by atoms with E-state index < -0.39 is 17.7 Å².